The number of ether oxygens (including phenoxy) is 1. The summed E-state index contributed by atoms with van der Waals surface area (Å²) in [6.07, 6.45) is 2.51. The largest absolute Gasteiger partial charge is 0.466 e. The number of nitrogens with zero attached hydrogens (tertiary/aromatic N) is 1. The molecule has 1 aromatic carbocycles. The van der Waals surface area contributed by atoms with Crippen LogP contribution in [0.2, 0.25) is 0 Å². The quantitative estimate of drug-likeness (QED) is 0.850. The first kappa shape index (κ1) is 14.7. The Kier molecular flexibility index (Phi) is 3.23. The van der Waals surface area contributed by atoms with Crippen molar-refractivity contribution >= 4 is 17.6 Å². The molecule has 4 rings (SSSR count). The number of aryl methyl sites for hydroxylation is 1. The van der Waals surface area contributed by atoms with Crippen molar-refractivity contribution in [3.63, 3.8) is 0 Å². The fourth-order valence-corrected chi connectivity index (χ4v) is 4.69. The van der Waals surface area contributed by atoms with Gasteiger partial charge in [0.15, 0.2) is 0 Å². The highest BCUT2D eigenvalue weighted by Crippen LogP contribution is 2.54. The number of rotatable bonds is 2. The molecule has 5 heteroatoms. The van der Waals surface area contributed by atoms with Crippen molar-refractivity contribution < 1.29 is 14.3 Å². The predicted octanol–water partition coefficient (Wildman–Crippen LogP) is 2.19. The van der Waals surface area contributed by atoms with E-state index in [1.807, 2.05) is 26.0 Å². The second-order valence-electron chi connectivity index (χ2n) is 6.83. The highest BCUT2D eigenvalue weighted by molar-refractivity contribution is 6.06. The fraction of sp³-hybridized carbons (Fsp3) is 0.556. The van der Waals surface area contributed by atoms with Crippen LogP contribution in [0, 0.1) is 12.8 Å². The lowest BCUT2D eigenvalue weighted by molar-refractivity contribution is -0.148. The van der Waals surface area contributed by atoms with E-state index in [0.29, 0.717) is 13.0 Å². The van der Waals surface area contributed by atoms with Gasteiger partial charge in [0.1, 0.15) is 5.54 Å². The van der Waals surface area contributed by atoms with E-state index in [4.69, 9.17) is 4.74 Å². The van der Waals surface area contributed by atoms with E-state index in [-0.39, 0.29) is 23.8 Å². The van der Waals surface area contributed by atoms with E-state index in [1.54, 1.807) is 0 Å². The van der Waals surface area contributed by atoms with Crippen LogP contribution in [0.15, 0.2) is 18.2 Å². The lowest BCUT2D eigenvalue weighted by Gasteiger charge is -2.32. The summed E-state index contributed by atoms with van der Waals surface area (Å²) >= 11 is 0. The molecule has 3 atom stereocenters. The number of benzene rings is 1. The average Bonchev–Trinajstić information content (AvgIpc) is 3.16. The number of amides is 1. The van der Waals surface area contributed by atoms with Gasteiger partial charge in [0.25, 0.3) is 0 Å². The molecule has 0 saturated carbocycles. The van der Waals surface area contributed by atoms with Gasteiger partial charge in [0, 0.05) is 17.3 Å². The second kappa shape index (κ2) is 5.06. The van der Waals surface area contributed by atoms with E-state index in [2.05, 4.69) is 16.3 Å². The van der Waals surface area contributed by atoms with Crippen LogP contribution in [0.4, 0.5) is 5.69 Å². The van der Waals surface area contributed by atoms with Crippen LogP contribution in [0.3, 0.4) is 0 Å². The molecule has 1 amide bonds. The Morgan fingerprint density at radius 1 is 1.48 bits per heavy atom. The van der Waals surface area contributed by atoms with Crippen molar-refractivity contribution in [2.45, 2.75) is 44.7 Å². The monoisotopic (exact) mass is 314 g/mol. The number of esters is 1. The highest BCUT2D eigenvalue weighted by Gasteiger charge is 2.63. The Labute approximate surface area is 136 Å². The summed E-state index contributed by atoms with van der Waals surface area (Å²) in [5.41, 5.74) is 2.35. The van der Waals surface area contributed by atoms with Gasteiger partial charge in [0.2, 0.25) is 5.91 Å². The first-order valence-electron chi connectivity index (χ1n) is 8.44. The van der Waals surface area contributed by atoms with Crippen LogP contribution in [0.5, 0.6) is 0 Å². The first-order chi connectivity index (χ1) is 11.1. The van der Waals surface area contributed by atoms with Crippen molar-refractivity contribution in [1.82, 2.24) is 4.90 Å². The summed E-state index contributed by atoms with van der Waals surface area (Å²) in [5.74, 6) is -0.360. The third-order valence-electron chi connectivity index (χ3n) is 5.60. The minimum Gasteiger partial charge on any atom is -0.466 e. The van der Waals surface area contributed by atoms with Crippen LogP contribution in [0.25, 0.3) is 0 Å². The molecule has 3 heterocycles. The van der Waals surface area contributed by atoms with Crippen molar-refractivity contribution in [3.8, 4) is 0 Å². The Bertz CT molecular complexity index is 687. The Morgan fingerprint density at radius 2 is 2.30 bits per heavy atom. The third kappa shape index (κ3) is 1.89. The summed E-state index contributed by atoms with van der Waals surface area (Å²) in [4.78, 5) is 27.6. The summed E-state index contributed by atoms with van der Waals surface area (Å²) in [5, 5.41) is 3.03. The van der Waals surface area contributed by atoms with E-state index in [0.717, 1.165) is 36.2 Å². The molecule has 0 bridgehead atoms. The number of hydrogen-bond donors (Lipinski definition) is 1. The average molecular weight is 314 g/mol. The molecule has 0 aromatic heterocycles. The standard InChI is InChI=1S/C18H22N2O3/c1-3-23-16(21)12-10-18(20-8-4-5-15(12)20)13-9-11(2)6-7-14(13)19-17(18)22/h6-7,9,12,15H,3-5,8,10H2,1-2H3,(H,19,22)/t12-,15+,18+/m1/s1. The smallest absolute Gasteiger partial charge is 0.310 e. The van der Waals surface area contributed by atoms with Gasteiger partial charge in [-0.15, -0.1) is 0 Å². The zero-order valence-corrected chi connectivity index (χ0v) is 13.6. The SMILES string of the molecule is CCOC(=O)[C@@H]1C[C@]2(C(=O)Nc3ccc(C)cc32)N2CCC[C@@H]12. The van der Waals surface area contributed by atoms with Gasteiger partial charge >= 0.3 is 5.97 Å². The van der Waals surface area contributed by atoms with Crippen molar-refractivity contribution in [1.29, 1.82) is 0 Å². The molecule has 0 aliphatic carbocycles. The van der Waals surface area contributed by atoms with Crippen molar-refractivity contribution in [3.05, 3.63) is 29.3 Å². The van der Waals surface area contributed by atoms with Crippen molar-refractivity contribution in [2.24, 2.45) is 5.92 Å². The maximum Gasteiger partial charge on any atom is 0.310 e. The van der Waals surface area contributed by atoms with E-state index < -0.39 is 5.54 Å². The van der Waals surface area contributed by atoms with Crippen LogP contribution < -0.4 is 5.32 Å². The van der Waals surface area contributed by atoms with E-state index in [1.165, 1.54) is 0 Å². The number of fused-ring (bicyclic) bond motifs is 4. The zero-order valence-electron chi connectivity index (χ0n) is 13.6. The molecule has 2 fully saturated rings. The van der Waals surface area contributed by atoms with Gasteiger partial charge in [-0.05, 0) is 45.7 Å². The summed E-state index contributed by atoms with van der Waals surface area (Å²) < 4.78 is 5.29. The normalized spacial score (nSPS) is 32.0. The molecule has 1 N–H and O–H groups in total. The molecular weight excluding hydrogens is 292 g/mol. The van der Waals surface area contributed by atoms with Crippen molar-refractivity contribution in [2.75, 3.05) is 18.5 Å². The molecule has 1 spiro atoms. The lowest BCUT2D eigenvalue weighted by Crippen LogP contribution is -2.47. The predicted molar refractivity (Wildman–Crippen MR) is 86.0 cm³/mol. The van der Waals surface area contributed by atoms with Crippen LogP contribution in [-0.2, 0) is 19.9 Å². The molecule has 122 valence electrons. The molecule has 2 saturated heterocycles. The van der Waals surface area contributed by atoms with E-state index in [9.17, 15) is 9.59 Å². The molecule has 23 heavy (non-hydrogen) atoms. The van der Waals surface area contributed by atoms with Crippen LogP contribution in [-0.4, -0.2) is 36.0 Å². The zero-order chi connectivity index (χ0) is 16.2. The maximum absolute atomic E-state index is 12.9. The van der Waals surface area contributed by atoms with Gasteiger partial charge < -0.3 is 10.1 Å². The van der Waals surface area contributed by atoms with Crippen LogP contribution in [0.1, 0.15) is 37.3 Å². The number of nitrogens with one attached hydrogen (secondary N) is 1. The summed E-state index contributed by atoms with van der Waals surface area (Å²) in [6, 6.07) is 6.19. The summed E-state index contributed by atoms with van der Waals surface area (Å²) in [6.45, 7) is 5.12. The molecular formula is C18H22N2O3. The van der Waals surface area contributed by atoms with E-state index >= 15 is 0 Å². The maximum atomic E-state index is 12.9. The third-order valence-corrected chi connectivity index (χ3v) is 5.60. The van der Waals surface area contributed by atoms with Gasteiger partial charge in [0.05, 0.1) is 12.5 Å². The molecule has 0 radical (unpaired) electrons. The topological polar surface area (TPSA) is 58.6 Å². The second-order valence-corrected chi connectivity index (χ2v) is 6.83. The Balaban J connectivity index is 1.81. The van der Waals surface area contributed by atoms with Gasteiger partial charge in [-0.25, -0.2) is 0 Å². The Morgan fingerprint density at radius 3 is 3.09 bits per heavy atom. The molecule has 3 aliphatic heterocycles. The van der Waals surface area contributed by atoms with Gasteiger partial charge in [-0.2, -0.15) is 0 Å². The first-order valence-corrected chi connectivity index (χ1v) is 8.44. The number of hydrogen-bond acceptors (Lipinski definition) is 4. The lowest BCUT2D eigenvalue weighted by atomic mass is 9.84. The van der Waals surface area contributed by atoms with Gasteiger partial charge in [-0.3, -0.25) is 14.5 Å². The molecule has 1 aromatic rings. The number of carbonyl (C=O) groups excluding carboxylic acids is 2. The fourth-order valence-electron chi connectivity index (χ4n) is 4.69. The minimum atomic E-state index is -0.694. The molecule has 5 nitrogen and oxygen atoms in total. The molecule has 3 aliphatic rings. The molecule has 0 unspecified atom stereocenters. The minimum absolute atomic E-state index is 0.0109. The van der Waals surface area contributed by atoms with Crippen LogP contribution >= 0.6 is 0 Å². The van der Waals surface area contributed by atoms with Gasteiger partial charge in [-0.1, -0.05) is 17.7 Å². The number of anilines is 1. The highest BCUT2D eigenvalue weighted by atomic mass is 16.5. The Hall–Kier alpha value is -1.88. The number of carbonyl (C=O) groups is 2. The summed E-state index contributed by atoms with van der Waals surface area (Å²) in [7, 11) is 0.